The summed E-state index contributed by atoms with van der Waals surface area (Å²) in [6.07, 6.45) is 5.26. The molecule has 0 aromatic heterocycles. The van der Waals surface area contributed by atoms with Crippen LogP contribution in [0.3, 0.4) is 0 Å². The molecule has 0 bridgehead atoms. The number of carbonyl (C=O) groups is 2. The number of fused-ring (bicyclic) bond motifs is 1. The van der Waals surface area contributed by atoms with Gasteiger partial charge in [0.1, 0.15) is 17.1 Å². The Kier molecular flexibility index (Phi) is 5.07. The summed E-state index contributed by atoms with van der Waals surface area (Å²) < 4.78 is 4.99. The molecule has 25 heavy (non-hydrogen) atoms. The van der Waals surface area contributed by atoms with Gasteiger partial charge >= 0.3 is 5.97 Å². The van der Waals surface area contributed by atoms with Crippen molar-refractivity contribution in [3.63, 3.8) is 0 Å². The van der Waals surface area contributed by atoms with Crippen LogP contribution in [0.5, 0.6) is 11.5 Å². The van der Waals surface area contributed by atoms with Gasteiger partial charge in [0.15, 0.2) is 6.61 Å². The minimum absolute atomic E-state index is 0.132. The number of nitrogens with one attached hydrogen (secondary N) is 1. The van der Waals surface area contributed by atoms with Gasteiger partial charge in [-0.1, -0.05) is 43.5 Å². The first kappa shape index (κ1) is 17.1. The molecule has 3 N–H and O–H groups in total. The third-order valence-electron chi connectivity index (χ3n) is 4.52. The van der Waals surface area contributed by atoms with Crippen molar-refractivity contribution < 1.29 is 24.5 Å². The van der Waals surface area contributed by atoms with Crippen LogP contribution in [0.15, 0.2) is 30.3 Å². The van der Waals surface area contributed by atoms with E-state index >= 15 is 0 Å². The summed E-state index contributed by atoms with van der Waals surface area (Å²) in [6.45, 7) is -0.414. The second-order valence-corrected chi connectivity index (χ2v) is 6.32. The van der Waals surface area contributed by atoms with Gasteiger partial charge in [-0.3, -0.25) is 4.79 Å². The van der Waals surface area contributed by atoms with Crippen molar-refractivity contribution in [2.24, 2.45) is 0 Å². The molecule has 1 aliphatic carbocycles. The van der Waals surface area contributed by atoms with Crippen LogP contribution in [-0.2, 0) is 9.53 Å². The maximum absolute atomic E-state index is 12.2. The van der Waals surface area contributed by atoms with Crippen molar-refractivity contribution >= 4 is 22.6 Å². The molecule has 132 valence electrons. The zero-order valence-electron chi connectivity index (χ0n) is 13.8. The monoisotopic (exact) mass is 343 g/mol. The van der Waals surface area contributed by atoms with Gasteiger partial charge in [-0.2, -0.15) is 0 Å². The van der Waals surface area contributed by atoms with E-state index in [0.717, 1.165) is 31.7 Å². The number of phenols is 2. The normalized spacial score (nSPS) is 15.0. The molecule has 0 radical (unpaired) electrons. The molecule has 0 heterocycles. The lowest BCUT2D eigenvalue weighted by Gasteiger charge is -2.22. The molecule has 1 saturated carbocycles. The van der Waals surface area contributed by atoms with Gasteiger partial charge in [0.2, 0.25) is 0 Å². The van der Waals surface area contributed by atoms with Crippen molar-refractivity contribution in [2.45, 2.75) is 38.1 Å². The molecule has 6 heteroatoms. The van der Waals surface area contributed by atoms with Crippen LogP contribution in [0.2, 0.25) is 0 Å². The average molecular weight is 343 g/mol. The van der Waals surface area contributed by atoms with Crippen molar-refractivity contribution in [1.82, 2.24) is 5.32 Å². The Morgan fingerprint density at radius 2 is 1.76 bits per heavy atom. The highest BCUT2D eigenvalue weighted by Crippen LogP contribution is 2.35. The van der Waals surface area contributed by atoms with Crippen molar-refractivity contribution in [3.05, 3.63) is 35.9 Å². The van der Waals surface area contributed by atoms with Crippen molar-refractivity contribution in [2.75, 3.05) is 6.61 Å². The Labute approximate surface area is 145 Å². The lowest BCUT2D eigenvalue weighted by atomic mass is 9.95. The summed E-state index contributed by atoms with van der Waals surface area (Å²) in [7, 11) is 0. The Balaban J connectivity index is 1.66. The molecule has 1 aliphatic rings. The summed E-state index contributed by atoms with van der Waals surface area (Å²) in [5.41, 5.74) is -0.165. The predicted molar refractivity (Wildman–Crippen MR) is 92.6 cm³/mol. The van der Waals surface area contributed by atoms with Crippen LogP contribution >= 0.6 is 0 Å². The molecule has 2 aromatic rings. The lowest BCUT2D eigenvalue weighted by molar-refractivity contribution is -0.125. The fraction of sp³-hybridized carbons (Fsp3) is 0.368. The van der Waals surface area contributed by atoms with E-state index in [4.69, 9.17) is 4.74 Å². The van der Waals surface area contributed by atoms with E-state index in [-0.39, 0.29) is 29.0 Å². The average Bonchev–Trinajstić information content (AvgIpc) is 2.63. The molecule has 6 nitrogen and oxygen atoms in total. The second kappa shape index (κ2) is 7.42. The molecule has 0 aliphatic heterocycles. The second-order valence-electron chi connectivity index (χ2n) is 6.32. The summed E-state index contributed by atoms with van der Waals surface area (Å²) in [6, 6.07) is 7.93. The molecule has 3 rings (SSSR count). The largest absolute Gasteiger partial charge is 0.507 e. The van der Waals surface area contributed by atoms with Gasteiger partial charge in [0.25, 0.3) is 5.91 Å². The zero-order chi connectivity index (χ0) is 17.8. The highest BCUT2D eigenvalue weighted by molar-refractivity contribution is 6.04. The van der Waals surface area contributed by atoms with Gasteiger partial charge in [-0.05, 0) is 18.9 Å². The number of phenolic OH excluding ortho intramolecular Hbond substituents is 2. The van der Waals surface area contributed by atoms with Crippen LogP contribution in [-0.4, -0.2) is 34.7 Å². The molecule has 0 atom stereocenters. The number of esters is 1. The van der Waals surface area contributed by atoms with Crippen molar-refractivity contribution in [1.29, 1.82) is 0 Å². The van der Waals surface area contributed by atoms with Crippen LogP contribution in [0.25, 0.3) is 10.8 Å². The predicted octanol–water partition coefficient (Wildman–Crippen LogP) is 2.86. The van der Waals surface area contributed by atoms with E-state index in [2.05, 4.69) is 5.32 Å². The van der Waals surface area contributed by atoms with Gasteiger partial charge in [-0.15, -0.1) is 0 Å². The number of hydrogen-bond acceptors (Lipinski definition) is 5. The van der Waals surface area contributed by atoms with E-state index in [0.29, 0.717) is 10.8 Å². The third kappa shape index (κ3) is 3.84. The molecule has 0 saturated heterocycles. The fourth-order valence-electron chi connectivity index (χ4n) is 3.22. The number of aromatic hydroxyl groups is 2. The van der Waals surface area contributed by atoms with E-state index in [9.17, 15) is 19.8 Å². The smallest absolute Gasteiger partial charge is 0.342 e. The Bertz CT molecular complexity index is 796. The number of amides is 1. The fourth-order valence-corrected chi connectivity index (χ4v) is 3.22. The first-order chi connectivity index (χ1) is 12.1. The molecule has 0 unspecified atom stereocenters. The number of benzene rings is 2. The van der Waals surface area contributed by atoms with Crippen LogP contribution in [0.4, 0.5) is 0 Å². The Hall–Kier alpha value is -2.76. The zero-order valence-corrected chi connectivity index (χ0v) is 13.8. The van der Waals surface area contributed by atoms with Crippen LogP contribution in [0, 0.1) is 0 Å². The van der Waals surface area contributed by atoms with Gasteiger partial charge in [0, 0.05) is 16.8 Å². The summed E-state index contributed by atoms with van der Waals surface area (Å²) in [5, 5.41) is 23.9. The topological polar surface area (TPSA) is 95.9 Å². The number of hydrogen-bond donors (Lipinski definition) is 3. The van der Waals surface area contributed by atoms with Gasteiger partial charge < -0.3 is 20.3 Å². The van der Waals surface area contributed by atoms with Crippen LogP contribution < -0.4 is 5.32 Å². The van der Waals surface area contributed by atoms with E-state index in [1.807, 2.05) is 0 Å². The highest BCUT2D eigenvalue weighted by Gasteiger charge is 2.20. The molecular formula is C19H21NO5. The summed E-state index contributed by atoms with van der Waals surface area (Å²) in [4.78, 5) is 24.1. The minimum Gasteiger partial charge on any atom is -0.507 e. The first-order valence-corrected chi connectivity index (χ1v) is 8.46. The number of carbonyl (C=O) groups excluding carboxylic acids is 2. The van der Waals surface area contributed by atoms with E-state index < -0.39 is 12.6 Å². The van der Waals surface area contributed by atoms with Gasteiger partial charge in [-0.25, -0.2) is 4.79 Å². The van der Waals surface area contributed by atoms with Gasteiger partial charge in [0.05, 0.1) is 0 Å². The quantitative estimate of drug-likeness (QED) is 0.586. The van der Waals surface area contributed by atoms with E-state index in [1.165, 1.54) is 6.42 Å². The number of rotatable bonds is 4. The molecule has 1 amide bonds. The van der Waals surface area contributed by atoms with Crippen LogP contribution in [0.1, 0.15) is 42.5 Å². The van der Waals surface area contributed by atoms with Crippen molar-refractivity contribution in [3.8, 4) is 11.5 Å². The standard InChI is InChI=1S/C19H21NO5/c21-16-10-15(18(23)14-9-5-4-8-13(14)16)19(24)25-11-17(22)20-12-6-2-1-3-7-12/h4-5,8-10,12,21,23H,1-3,6-7,11H2,(H,20,22). The lowest BCUT2D eigenvalue weighted by Crippen LogP contribution is -2.38. The summed E-state index contributed by atoms with van der Waals surface area (Å²) >= 11 is 0. The molecule has 2 aromatic carbocycles. The number of ether oxygens (including phenoxy) is 1. The maximum Gasteiger partial charge on any atom is 0.342 e. The maximum atomic E-state index is 12.2. The van der Waals surface area contributed by atoms with E-state index in [1.54, 1.807) is 24.3 Å². The SMILES string of the molecule is O=C(COC(=O)c1cc(O)c2ccccc2c1O)NC1CCCCC1. The Morgan fingerprint density at radius 1 is 1.08 bits per heavy atom. The molecular weight excluding hydrogens is 322 g/mol. The third-order valence-corrected chi connectivity index (χ3v) is 4.52. The minimum atomic E-state index is -0.850. The molecule has 0 spiro atoms. The molecule has 1 fully saturated rings. The summed E-state index contributed by atoms with van der Waals surface area (Å²) in [5.74, 6) is -1.61. The first-order valence-electron chi connectivity index (χ1n) is 8.46. The highest BCUT2D eigenvalue weighted by atomic mass is 16.5. The Morgan fingerprint density at radius 3 is 2.48 bits per heavy atom.